The zero-order valence-corrected chi connectivity index (χ0v) is 10.8. The summed E-state index contributed by atoms with van der Waals surface area (Å²) in [6, 6.07) is 6.62. The zero-order valence-electron chi connectivity index (χ0n) is 10.8. The van der Waals surface area contributed by atoms with Crippen LogP contribution in [0.5, 0.6) is 0 Å². The van der Waals surface area contributed by atoms with E-state index in [1.54, 1.807) is 0 Å². The second-order valence-electron chi connectivity index (χ2n) is 4.71. The zero-order chi connectivity index (χ0) is 12.4. The molecule has 0 saturated heterocycles. The number of nitrogens with two attached hydrogens (primary N) is 1. The number of rotatable bonds is 4. The van der Waals surface area contributed by atoms with Crippen LogP contribution in [0.1, 0.15) is 32.4 Å². The van der Waals surface area contributed by atoms with Gasteiger partial charge < -0.3 is 15.6 Å². The minimum atomic E-state index is 0.469. The van der Waals surface area contributed by atoms with Crippen LogP contribution < -0.4 is 11.1 Å². The third kappa shape index (κ3) is 2.29. The number of hydrogen-bond acceptors (Lipinski definition) is 2. The van der Waals surface area contributed by atoms with Gasteiger partial charge in [0.2, 0.25) is 0 Å². The molecule has 92 valence electrons. The monoisotopic (exact) mass is 231 g/mol. The maximum atomic E-state index is 5.88. The first-order valence-corrected chi connectivity index (χ1v) is 6.23. The Bertz CT molecular complexity index is 511. The molecule has 0 amide bonds. The number of nitrogens with zero attached hydrogens (tertiary/aromatic N) is 1. The molecule has 2 aromatic rings. The number of nitrogen functional groups attached to an aromatic ring is 1. The van der Waals surface area contributed by atoms with Crippen LogP contribution >= 0.6 is 0 Å². The van der Waals surface area contributed by atoms with E-state index in [1.165, 1.54) is 16.5 Å². The lowest BCUT2D eigenvalue weighted by molar-refractivity contribution is 0.618. The molecule has 0 unspecified atom stereocenters. The lowest BCUT2D eigenvalue weighted by Gasteiger charge is -2.08. The van der Waals surface area contributed by atoms with Crippen LogP contribution in [0.2, 0.25) is 0 Å². The normalized spacial score (nSPS) is 11.5. The third-order valence-electron chi connectivity index (χ3n) is 3.06. The van der Waals surface area contributed by atoms with Gasteiger partial charge in [0, 0.05) is 35.4 Å². The standard InChI is InChI=1S/C14H21N3/c1-4-16-8-11-9-17(10(2)3)14-6-5-12(15)7-13(11)14/h5-7,9-10,16H,4,8,15H2,1-3H3. The molecular formula is C14H21N3. The topological polar surface area (TPSA) is 43.0 Å². The summed E-state index contributed by atoms with van der Waals surface area (Å²) in [5.41, 5.74) is 9.30. The van der Waals surface area contributed by atoms with E-state index in [2.05, 4.69) is 49.0 Å². The second kappa shape index (κ2) is 4.80. The Morgan fingerprint density at radius 1 is 1.35 bits per heavy atom. The summed E-state index contributed by atoms with van der Waals surface area (Å²) in [4.78, 5) is 0. The number of anilines is 1. The van der Waals surface area contributed by atoms with Crippen LogP contribution in [-0.4, -0.2) is 11.1 Å². The van der Waals surface area contributed by atoms with Crippen molar-refractivity contribution in [2.45, 2.75) is 33.4 Å². The number of fused-ring (bicyclic) bond motifs is 1. The molecule has 0 bridgehead atoms. The van der Waals surface area contributed by atoms with Crippen LogP contribution in [-0.2, 0) is 6.54 Å². The maximum absolute atomic E-state index is 5.88. The molecule has 0 atom stereocenters. The fraction of sp³-hybridized carbons (Fsp3) is 0.429. The molecular weight excluding hydrogens is 210 g/mol. The summed E-state index contributed by atoms with van der Waals surface area (Å²) in [7, 11) is 0. The van der Waals surface area contributed by atoms with Crippen LogP contribution in [0.15, 0.2) is 24.4 Å². The van der Waals surface area contributed by atoms with Crippen molar-refractivity contribution in [3.63, 3.8) is 0 Å². The van der Waals surface area contributed by atoms with Crippen molar-refractivity contribution in [2.24, 2.45) is 0 Å². The van der Waals surface area contributed by atoms with Crippen molar-refractivity contribution in [3.05, 3.63) is 30.0 Å². The second-order valence-corrected chi connectivity index (χ2v) is 4.71. The van der Waals surface area contributed by atoms with Crippen molar-refractivity contribution in [1.82, 2.24) is 9.88 Å². The fourth-order valence-corrected chi connectivity index (χ4v) is 2.17. The van der Waals surface area contributed by atoms with E-state index in [9.17, 15) is 0 Å². The van der Waals surface area contributed by atoms with E-state index in [0.29, 0.717) is 6.04 Å². The van der Waals surface area contributed by atoms with Crippen molar-refractivity contribution >= 4 is 16.6 Å². The van der Waals surface area contributed by atoms with Crippen LogP contribution in [0.3, 0.4) is 0 Å². The maximum Gasteiger partial charge on any atom is 0.0487 e. The van der Waals surface area contributed by atoms with Crippen molar-refractivity contribution in [3.8, 4) is 0 Å². The summed E-state index contributed by atoms with van der Waals surface area (Å²) >= 11 is 0. The number of hydrogen-bond donors (Lipinski definition) is 2. The summed E-state index contributed by atoms with van der Waals surface area (Å²) < 4.78 is 2.31. The molecule has 3 heteroatoms. The van der Waals surface area contributed by atoms with E-state index in [4.69, 9.17) is 5.73 Å². The third-order valence-corrected chi connectivity index (χ3v) is 3.06. The molecule has 0 fully saturated rings. The summed E-state index contributed by atoms with van der Waals surface area (Å²) in [6.45, 7) is 8.41. The Kier molecular flexibility index (Phi) is 3.38. The quantitative estimate of drug-likeness (QED) is 0.795. The minimum Gasteiger partial charge on any atom is -0.399 e. The number of aromatic nitrogens is 1. The average Bonchev–Trinajstić information content (AvgIpc) is 2.64. The van der Waals surface area contributed by atoms with E-state index in [0.717, 1.165) is 18.8 Å². The van der Waals surface area contributed by atoms with E-state index >= 15 is 0 Å². The fourth-order valence-electron chi connectivity index (χ4n) is 2.17. The van der Waals surface area contributed by atoms with Gasteiger partial charge in [-0.15, -0.1) is 0 Å². The highest BCUT2D eigenvalue weighted by Crippen LogP contribution is 2.26. The average molecular weight is 231 g/mol. The number of nitrogens with one attached hydrogen (secondary N) is 1. The lowest BCUT2D eigenvalue weighted by atomic mass is 10.1. The first kappa shape index (κ1) is 12.0. The van der Waals surface area contributed by atoms with Crippen molar-refractivity contribution < 1.29 is 0 Å². The van der Waals surface area contributed by atoms with Crippen LogP contribution in [0, 0.1) is 0 Å². The highest BCUT2D eigenvalue weighted by Gasteiger charge is 2.10. The lowest BCUT2D eigenvalue weighted by Crippen LogP contribution is -2.11. The summed E-state index contributed by atoms with van der Waals surface area (Å²) in [6.07, 6.45) is 2.23. The van der Waals surface area contributed by atoms with Gasteiger partial charge >= 0.3 is 0 Å². The van der Waals surface area contributed by atoms with Gasteiger partial charge in [-0.3, -0.25) is 0 Å². The van der Waals surface area contributed by atoms with E-state index in [1.807, 2.05) is 6.07 Å². The van der Waals surface area contributed by atoms with Gasteiger partial charge in [0.05, 0.1) is 0 Å². The van der Waals surface area contributed by atoms with Gasteiger partial charge in [0.15, 0.2) is 0 Å². The largest absolute Gasteiger partial charge is 0.399 e. The van der Waals surface area contributed by atoms with E-state index in [-0.39, 0.29) is 0 Å². The van der Waals surface area contributed by atoms with Crippen LogP contribution in [0.4, 0.5) is 5.69 Å². The van der Waals surface area contributed by atoms with Crippen LogP contribution in [0.25, 0.3) is 10.9 Å². The molecule has 1 aromatic carbocycles. The summed E-state index contributed by atoms with van der Waals surface area (Å²) in [5.74, 6) is 0. The predicted molar refractivity (Wildman–Crippen MR) is 74.1 cm³/mol. The Balaban J connectivity index is 2.54. The minimum absolute atomic E-state index is 0.469. The van der Waals surface area contributed by atoms with Crippen molar-refractivity contribution in [2.75, 3.05) is 12.3 Å². The predicted octanol–water partition coefficient (Wildman–Crippen LogP) is 2.91. The van der Waals surface area contributed by atoms with Gasteiger partial charge in [0.1, 0.15) is 0 Å². The molecule has 1 heterocycles. The van der Waals surface area contributed by atoms with Crippen molar-refractivity contribution in [1.29, 1.82) is 0 Å². The molecule has 0 saturated carbocycles. The smallest absolute Gasteiger partial charge is 0.0487 e. The molecule has 17 heavy (non-hydrogen) atoms. The molecule has 0 spiro atoms. The molecule has 2 rings (SSSR count). The molecule has 3 N–H and O–H groups in total. The van der Waals surface area contributed by atoms with Gasteiger partial charge in [-0.25, -0.2) is 0 Å². The first-order valence-electron chi connectivity index (χ1n) is 6.23. The Labute approximate surface area is 103 Å². The molecule has 0 aliphatic rings. The number of benzene rings is 1. The van der Waals surface area contributed by atoms with Gasteiger partial charge in [-0.1, -0.05) is 6.92 Å². The Morgan fingerprint density at radius 3 is 2.76 bits per heavy atom. The highest BCUT2D eigenvalue weighted by atomic mass is 15.0. The Morgan fingerprint density at radius 2 is 2.12 bits per heavy atom. The highest BCUT2D eigenvalue weighted by molar-refractivity contribution is 5.87. The molecule has 0 radical (unpaired) electrons. The summed E-state index contributed by atoms with van der Waals surface area (Å²) in [5, 5.41) is 4.64. The van der Waals surface area contributed by atoms with Gasteiger partial charge in [0.25, 0.3) is 0 Å². The van der Waals surface area contributed by atoms with E-state index < -0.39 is 0 Å². The Hall–Kier alpha value is -1.48. The first-order chi connectivity index (χ1) is 8.13. The van der Waals surface area contributed by atoms with Gasteiger partial charge in [-0.05, 0) is 44.2 Å². The van der Waals surface area contributed by atoms with Gasteiger partial charge in [-0.2, -0.15) is 0 Å². The molecule has 0 aliphatic carbocycles. The SMILES string of the molecule is CCNCc1cn(C(C)C)c2ccc(N)cc12. The molecule has 0 aliphatic heterocycles. The molecule has 3 nitrogen and oxygen atoms in total. The molecule has 1 aromatic heterocycles.